The number of hydrogen-bond donors (Lipinski definition) is 2. The number of benzene rings is 2. The van der Waals surface area contributed by atoms with Gasteiger partial charge in [-0.1, -0.05) is 0 Å². The van der Waals surface area contributed by atoms with Crippen LogP contribution in [0.4, 0.5) is 11.7 Å². The molecule has 2 heterocycles. The molecule has 4 aromatic rings. The highest BCUT2D eigenvalue weighted by Crippen LogP contribution is 2.34. The van der Waals surface area contributed by atoms with Gasteiger partial charge >= 0.3 is 5.97 Å². The number of H-pyrrole nitrogens is 1. The molecule has 27 heavy (non-hydrogen) atoms. The third-order valence-corrected chi connectivity index (χ3v) is 3.90. The Bertz CT molecular complexity index is 1120. The van der Waals surface area contributed by atoms with E-state index in [1.54, 1.807) is 30.6 Å². The van der Waals surface area contributed by atoms with Crippen molar-refractivity contribution in [3.63, 3.8) is 0 Å². The average Bonchev–Trinajstić information content (AvgIpc) is 3.30. The van der Waals surface area contributed by atoms with Gasteiger partial charge in [0, 0.05) is 23.6 Å². The summed E-state index contributed by atoms with van der Waals surface area (Å²) in [5.74, 6) is 0.912. The lowest BCUT2D eigenvalue weighted by Crippen LogP contribution is -2.02. The Labute approximate surface area is 154 Å². The lowest BCUT2D eigenvalue weighted by Gasteiger charge is -2.08. The second-order valence-electron chi connectivity index (χ2n) is 5.79. The van der Waals surface area contributed by atoms with Crippen LogP contribution in [0.3, 0.4) is 0 Å². The van der Waals surface area contributed by atoms with Crippen molar-refractivity contribution in [3.05, 3.63) is 48.8 Å². The number of ether oxygens (including phenoxy) is 2. The number of carbonyl (C=O) groups is 1. The first-order chi connectivity index (χ1) is 13.1. The van der Waals surface area contributed by atoms with Crippen molar-refractivity contribution in [1.29, 1.82) is 0 Å². The van der Waals surface area contributed by atoms with Crippen molar-refractivity contribution in [2.24, 2.45) is 0 Å². The maximum absolute atomic E-state index is 11.2. The summed E-state index contributed by atoms with van der Waals surface area (Å²) in [6.07, 6.45) is 3.36. The van der Waals surface area contributed by atoms with Gasteiger partial charge < -0.3 is 19.2 Å². The molecular weight excluding hydrogens is 348 g/mol. The number of oxazole rings is 1. The van der Waals surface area contributed by atoms with Gasteiger partial charge in [0.1, 0.15) is 0 Å². The van der Waals surface area contributed by atoms with E-state index < -0.39 is 5.97 Å². The standard InChI is InChI=1S/C19H16N4O4/c1-11(24)26-16-6-3-12(8-17(16)25-2)18-10-20-19(27-18)22-14-4-5-15-13(7-14)9-21-23-15/h3-10H,1-2H3,(H,20,22)(H,21,23). The summed E-state index contributed by atoms with van der Waals surface area (Å²) in [7, 11) is 1.51. The number of aromatic amines is 1. The summed E-state index contributed by atoms with van der Waals surface area (Å²) in [6, 6.07) is 11.3. The lowest BCUT2D eigenvalue weighted by molar-refractivity contribution is -0.132. The molecule has 0 amide bonds. The monoisotopic (exact) mass is 364 g/mol. The van der Waals surface area contributed by atoms with E-state index in [1.165, 1.54) is 14.0 Å². The van der Waals surface area contributed by atoms with Crippen molar-refractivity contribution in [2.45, 2.75) is 6.92 Å². The lowest BCUT2D eigenvalue weighted by atomic mass is 10.1. The van der Waals surface area contributed by atoms with E-state index in [4.69, 9.17) is 13.9 Å². The number of rotatable bonds is 5. The molecule has 0 aliphatic heterocycles. The highest BCUT2D eigenvalue weighted by atomic mass is 16.6. The molecule has 2 N–H and O–H groups in total. The topological polar surface area (TPSA) is 102 Å². The van der Waals surface area contributed by atoms with Crippen LogP contribution >= 0.6 is 0 Å². The van der Waals surface area contributed by atoms with Crippen LogP contribution in [-0.2, 0) is 4.79 Å². The normalized spacial score (nSPS) is 10.7. The molecule has 0 atom stereocenters. The summed E-state index contributed by atoms with van der Waals surface area (Å²) in [5.41, 5.74) is 2.53. The highest BCUT2D eigenvalue weighted by Gasteiger charge is 2.12. The van der Waals surface area contributed by atoms with Crippen LogP contribution in [0.15, 0.2) is 53.2 Å². The van der Waals surface area contributed by atoms with Gasteiger partial charge in [-0.25, -0.2) is 4.98 Å². The second kappa shape index (κ2) is 6.83. The quantitative estimate of drug-likeness (QED) is 0.409. The Morgan fingerprint density at radius 3 is 2.85 bits per heavy atom. The smallest absolute Gasteiger partial charge is 0.308 e. The Morgan fingerprint density at radius 1 is 1.15 bits per heavy atom. The third-order valence-electron chi connectivity index (χ3n) is 3.90. The van der Waals surface area contributed by atoms with Crippen LogP contribution in [-0.4, -0.2) is 28.3 Å². The first-order valence-electron chi connectivity index (χ1n) is 8.15. The summed E-state index contributed by atoms with van der Waals surface area (Å²) in [6.45, 7) is 1.34. The summed E-state index contributed by atoms with van der Waals surface area (Å²) < 4.78 is 16.2. The molecule has 8 heteroatoms. The van der Waals surface area contributed by atoms with E-state index in [1.807, 2.05) is 18.2 Å². The van der Waals surface area contributed by atoms with Crippen LogP contribution in [0.2, 0.25) is 0 Å². The molecular formula is C19H16N4O4. The molecule has 0 fully saturated rings. The minimum Gasteiger partial charge on any atom is -0.493 e. The van der Waals surface area contributed by atoms with E-state index in [0.717, 1.165) is 22.2 Å². The molecule has 0 unspecified atom stereocenters. The van der Waals surface area contributed by atoms with Crippen LogP contribution in [0.1, 0.15) is 6.92 Å². The number of nitrogens with zero attached hydrogens (tertiary/aromatic N) is 2. The Morgan fingerprint density at radius 2 is 2.04 bits per heavy atom. The van der Waals surface area contributed by atoms with E-state index in [-0.39, 0.29) is 0 Å². The molecule has 0 saturated heterocycles. The van der Waals surface area contributed by atoms with Crippen LogP contribution in [0.25, 0.3) is 22.2 Å². The minimum absolute atomic E-state index is 0.347. The zero-order chi connectivity index (χ0) is 18.8. The molecule has 0 aliphatic rings. The van der Waals surface area contributed by atoms with E-state index in [9.17, 15) is 4.79 Å². The maximum atomic E-state index is 11.2. The SMILES string of the molecule is COc1cc(-c2cnc(Nc3ccc4[nH]ncc4c3)o2)ccc1OC(C)=O. The van der Waals surface area contributed by atoms with Gasteiger partial charge in [0.15, 0.2) is 17.3 Å². The number of carbonyl (C=O) groups excluding carboxylic acids is 1. The minimum atomic E-state index is -0.415. The van der Waals surface area contributed by atoms with Gasteiger partial charge in [-0.15, -0.1) is 0 Å². The van der Waals surface area contributed by atoms with Gasteiger partial charge in [-0.3, -0.25) is 9.89 Å². The molecule has 0 bridgehead atoms. The predicted octanol–water partition coefficient (Wildman–Crippen LogP) is 3.90. The molecule has 136 valence electrons. The van der Waals surface area contributed by atoms with E-state index in [2.05, 4.69) is 20.5 Å². The molecule has 0 aliphatic carbocycles. The largest absolute Gasteiger partial charge is 0.493 e. The number of nitrogens with one attached hydrogen (secondary N) is 2. The summed E-state index contributed by atoms with van der Waals surface area (Å²) in [4.78, 5) is 15.4. The molecule has 2 aromatic carbocycles. The Balaban J connectivity index is 1.57. The fraction of sp³-hybridized carbons (Fsp3) is 0.105. The van der Waals surface area contributed by atoms with Crippen molar-refractivity contribution >= 4 is 28.6 Å². The zero-order valence-electron chi connectivity index (χ0n) is 14.6. The maximum Gasteiger partial charge on any atom is 0.308 e. The van der Waals surface area contributed by atoms with Crippen LogP contribution in [0.5, 0.6) is 11.5 Å². The number of methoxy groups -OCH3 is 1. The molecule has 0 spiro atoms. The number of esters is 1. The summed E-state index contributed by atoms with van der Waals surface area (Å²) in [5, 5.41) is 11.0. The predicted molar refractivity (Wildman–Crippen MR) is 99.2 cm³/mol. The third kappa shape index (κ3) is 3.45. The van der Waals surface area contributed by atoms with Gasteiger partial charge in [0.2, 0.25) is 0 Å². The van der Waals surface area contributed by atoms with Crippen molar-refractivity contribution in [2.75, 3.05) is 12.4 Å². The first kappa shape index (κ1) is 16.6. The van der Waals surface area contributed by atoms with Gasteiger partial charge in [0.05, 0.1) is 25.0 Å². The Kier molecular flexibility index (Phi) is 4.21. The fourth-order valence-electron chi connectivity index (χ4n) is 2.67. The molecule has 8 nitrogen and oxygen atoms in total. The van der Waals surface area contributed by atoms with E-state index in [0.29, 0.717) is 23.3 Å². The fourth-order valence-corrected chi connectivity index (χ4v) is 2.67. The van der Waals surface area contributed by atoms with Crippen LogP contribution < -0.4 is 14.8 Å². The molecule has 2 aromatic heterocycles. The van der Waals surface area contributed by atoms with E-state index >= 15 is 0 Å². The Hall–Kier alpha value is -3.81. The number of hydrogen-bond acceptors (Lipinski definition) is 7. The van der Waals surface area contributed by atoms with Crippen molar-refractivity contribution < 1.29 is 18.7 Å². The van der Waals surface area contributed by atoms with Gasteiger partial charge in [-0.05, 0) is 36.4 Å². The first-order valence-corrected chi connectivity index (χ1v) is 8.15. The van der Waals surface area contributed by atoms with Gasteiger partial charge in [0.25, 0.3) is 6.01 Å². The number of fused-ring (bicyclic) bond motifs is 1. The average molecular weight is 364 g/mol. The molecule has 4 rings (SSSR count). The number of anilines is 2. The summed E-state index contributed by atoms with van der Waals surface area (Å²) >= 11 is 0. The van der Waals surface area contributed by atoms with Gasteiger partial charge in [-0.2, -0.15) is 5.10 Å². The van der Waals surface area contributed by atoms with Crippen molar-refractivity contribution in [3.8, 4) is 22.8 Å². The van der Waals surface area contributed by atoms with Crippen molar-refractivity contribution in [1.82, 2.24) is 15.2 Å². The second-order valence-corrected chi connectivity index (χ2v) is 5.79. The number of aromatic nitrogens is 3. The highest BCUT2D eigenvalue weighted by molar-refractivity contribution is 5.82. The molecule has 0 radical (unpaired) electrons. The van der Waals surface area contributed by atoms with Crippen LogP contribution in [0, 0.1) is 0 Å². The zero-order valence-corrected chi connectivity index (χ0v) is 14.6. The molecule has 0 saturated carbocycles.